The van der Waals surface area contributed by atoms with E-state index in [1.54, 1.807) is 12.5 Å². The molecule has 2 fully saturated rings. The van der Waals surface area contributed by atoms with Crippen molar-refractivity contribution in [3.63, 3.8) is 0 Å². The van der Waals surface area contributed by atoms with Crippen LogP contribution in [0.4, 0.5) is 4.79 Å². The van der Waals surface area contributed by atoms with Crippen LogP contribution in [0.5, 0.6) is 0 Å². The summed E-state index contributed by atoms with van der Waals surface area (Å²) in [4.78, 5) is 43.0. The molecule has 31 heavy (non-hydrogen) atoms. The van der Waals surface area contributed by atoms with Crippen LogP contribution in [0.15, 0.2) is 43.0 Å². The van der Waals surface area contributed by atoms with Gasteiger partial charge in [-0.15, -0.1) is 0 Å². The number of carbonyl (C=O) groups excluding carboxylic acids is 3. The fourth-order valence-corrected chi connectivity index (χ4v) is 4.57. The third-order valence-corrected chi connectivity index (χ3v) is 6.49. The van der Waals surface area contributed by atoms with Crippen molar-refractivity contribution < 1.29 is 14.4 Å². The molecule has 4 rings (SSSR count). The zero-order valence-electron chi connectivity index (χ0n) is 17.8. The van der Waals surface area contributed by atoms with Crippen LogP contribution in [0.1, 0.15) is 50.2 Å². The van der Waals surface area contributed by atoms with Crippen molar-refractivity contribution in [2.75, 3.05) is 6.54 Å². The minimum absolute atomic E-state index is 0.252. The summed E-state index contributed by atoms with van der Waals surface area (Å²) in [5, 5.41) is 5.70. The highest BCUT2D eigenvalue weighted by atomic mass is 16.2. The molecule has 1 spiro atoms. The first kappa shape index (κ1) is 21.1. The van der Waals surface area contributed by atoms with E-state index in [2.05, 4.69) is 22.5 Å². The van der Waals surface area contributed by atoms with Crippen LogP contribution in [0, 0.1) is 5.92 Å². The molecule has 0 atom stereocenters. The Kier molecular flexibility index (Phi) is 6.06. The van der Waals surface area contributed by atoms with Gasteiger partial charge in [0.1, 0.15) is 12.1 Å². The quantitative estimate of drug-likeness (QED) is 0.669. The minimum Gasteiger partial charge on any atom is -0.350 e. The third-order valence-electron chi connectivity index (χ3n) is 6.49. The number of nitrogens with one attached hydrogen (secondary N) is 2. The van der Waals surface area contributed by atoms with Gasteiger partial charge < -0.3 is 15.2 Å². The molecule has 1 aromatic heterocycles. The molecule has 0 radical (unpaired) electrons. The topological polar surface area (TPSA) is 96.3 Å². The average Bonchev–Trinajstić information content (AvgIpc) is 3.36. The van der Waals surface area contributed by atoms with Crippen molar-refractivity contribution in [2.24, 2.45) is 5.92 Å². The molecule has 2 heterocycles. The van der Waals surface area contributed by atoms with E-state index in [0.717, 1.165) is 35.3 Å². The predicted molar refractivity (Wildman–Crippen MR) is 115 cm³/mol. The lowest BCUT2D eigenvalue weighted by Crippen LogP contribution is -2.50. The monoisotopic (exact) mass is 423 g/mol. The smallest absolute Gasteiger partial charge is 0.325 e. The highest BCUT2D eigenvalue weighted by Crippen LogP contribution is 2.37. The number of aromatic nitrogens is 2. The molecule has 2 aliphatic rings. The van der Waals surface area contributed by atoms with Crippen molar-refractivity contribution in [3.8, 4) is 0 Å². The van der Waals surface area contributed by atoms with Gasteiger partial charge in [-0.3, -0.25) is 14.5 Å². The second-order valence-corrected chi connectivity index (χ2v) is 8.59. The first-order chi connectivity index (χ1) is 15.0. The maximum atomic E-state index is 12.9. The summed E-state index contributed by atoms with van der Waals surface area (Å²) in [5.41, 5.74) is 1.24. The van der Waals surface area contributed by atoms with Gasteiger partial charge in [0, 0.05) is 25.5 Å². The summed E-state index contributed by atoms with van der Waals surface area (Å²) in [6.07, 6.45) is 9.64. The number of benzene rings is 1. The number of urea groups is 1. The summed E-state index contributed by atoms with van der Waals surface area (Å²) in [6, 6.07) is 7.46. The van der Waals surface area contributed by atoms with E-state index in [4.69, 9.17) is 0 Å². The van der Waals surface area contributed by atoms with E-state index in [1.807, 2.05) is 35.0 Å². The number of amides is 4. The Morgan fingerprint density at radius 3 is 2.74 bits per heavy atom. The molecular formula is C23H29N5O3. The van der Waals surface area contributed by atoms with Gasteiger partial charge in [-0.05, 0) is 42.7 Å². The van der Waals surface area contributed by atoms with Gasteiger partial charge in [0.05, 0.1) is 6.33 Å². The molecule has 1 aliphatic carbocycles. The van der Waals surface area contributed by atoms with Crippen LogP contribution in [0.2, 0.25) is 0 Å². The number of hydrogen-bond acceptors (Lipinski definition) is 4. The zero-order chi connectivity index (χ0) is 21.8. The molecule has 0 unspecified atom stereocenters. The van der Waals surface area contributed by atoms with Crippen LogP contribution in [0.25, 0.3) is 0 Å². The van der Waals surface area contributed by atoms with Gasteiger partial charge in [-0.2, -0.15) is 0 Å². The molecule has 4 amide bonds. The fourth-order valence-electron chi connectivity index (χ4n) is 4.57. The van der Waals surface area contributed by atoms with Gasteiger partial charge >= 0.3 is 6.03 Å². The second-order valence-electron chi connectivity index (χ2n) is 8.59. The normalized spacial score (nSPS) is 23.3. The van der Waals surface area contributed by atoms with Gasteiger partial charge in [0.25, 0.3) is 5.91 Å². The highest BCUT2D eigenvalue weighted by molar-refractivity contribution is 6.09. The van der Waals surface area contributed by atoms with Crippen molar-refractivity contribution >= 4 is 17.8 Å². The standard InChI is InChI=1S/C23H29N5O3/c1-2-17-6-8-23(9-7-17)21(30)28(22(31)26-23)15-20(29)25-13-18-4-3-5-19(12-18)14-27-11-10-24-16-27/h3-5,10-12,16-17H,2,6-9,13-15H2,1H3,(H,25,29)(H,26,31). The first-order valence-electron chi connectivity index (χ1n) is 10.9. The van der Waals surface area contributed by atoms with Crippen LogP contribution in [-0.2, 0) is 22.7 Å². The first-order valence-corrected chi connectivity index (χ1v) is 10.9. The van der Waals surface area contributed by atoms with Crippen molar-refractivity contribution in [1.29, 1.82) is 0 Å². The Morgan fingerprint density at radius 2 is 2.03 bits per heavy atom. The van der Waals surface area contributed by atoms with Crippen LogP contribution in [-0.4, -0.2) is 44.4 Å². The van der Waals surface area contributed by atoms with Crippen LogP contribution < -0.4 is 10.6 Å². The maximum absolute atomic E-state index is 12.9. The van der Waals surface area contributed by atoms with Crippen LogP contribution in [0.3, 0.4) is 0 Å². The minimum atomic E-state index is -0.815. The molecule has 1 saturated heterocycles. The van der Waals surface area contributed by atoms with Crippen molar-refractivity contribution in [2.45, 2.75) is 57.7 Å². The van der Waals surface area contributed by atoms with E-state index in [1.165, 1.54) is 0 Å². The summed E-state index contributed by atoms with van der Waals surface area (Å²) in [7, 11) is 0. The summed E-state index contributed by atoms with van der Waals surface area (Å²) >= 11 is 0. The molecule has 0 bridgehead atoms. The third kappa shape index (κ3) is 4.62. The molecule has 164 valence electrons. The number of nitrogens with zero attached hydrogens (tertiary/aromatic N) is 3. The molecule has 8 nitrogen and oxygen atoms in total. The Balaban J connectivity index is 1.31. The lowest BCUT2D eigenvalue weighted by molar-refractivity contribution is -0.136. The summed E-state index contributed by atoms with van der Waals surface area (Å²) < 4.78 is 1.97. The number of imidazole rings is 1. The lowest BCUT2D eigenvalue weighted by Gasteiger charge is -2.34. The molecule has 1 saturated carbocycles. The molecule has 1 aromatic carbocycles. The van der Waals surface area contributed by atoms with Crippen LogP contribution >= 0.6 is 0 Å². The van der Waals surface area contributed by atoms with Gasteiger partial charge in [-0.25, -0.2) is 9.78 Å². The van der Waals surface area contributed by atoms with Gasteiger partial charge in [0.2, 0.25) is 5.91 Å². The Morgan fingerprint density at radius 1 is 1.26 bits per heavy atom. The SMILES string of the molecule is CCC1CCC2(CC1)NC(=O)N(CC(=O)NCc1cccc(Cn3ccnc3)c1)C2=O. The van der Waals surface area contributed by atoms with Gasteiger partial charge in [0.15, 0.2) is 0 Å². The second kappa shape index (κ2) is 8.91. The molecule has 1 aliphatic heterocycles. The molecule has 2 aromatic rings. The zero-order valence-corrected chi connectivity index (χ0v) is 17.8. The Labute approximate surface area is 182 Å². The Hall–Kier alpha value is -3.16. The largest absolute Gasteiger partial charge is 0.350 e. The van der Waals surface area contributed by atoms with Gasteiger partial charge in [-0.1, -0.05) is 37.6 Å². The van der Waals surface area contributed by atoms with E-state index in [-0.39, 0.29) is 18.4 Å². The number of hydrogen-bond donors (Lipinski definition) is 2. The van der Waals surface area contributed by atoms with Crippen molar-refractivity contribution in [1.82, 2.24) is 25.1 Å². The maximum Gasteiger partial charge on any atom is 0.325 e. The molecular weight excluding hydrogens is 394 g/mol. The number of carbonyl (C=O) groups is 3. The van der Waals surface area contributed by atoms with E-state index in [0.29, 0.717) is 31.8 Å². The fraction of sp³-hybridized carbons (Fsp3) is 0.478. The van der Waals surface area contributed by atoms with E-state index < -0.39 is 11.6 Å². The average molecular weight is 424 g/mol. The van der Waals surface area contributed by atoms with E-state index in [9.17, 15) is 14.4 Å². The lowest BCUT2D eigenvalue weighted by atomic mass is 9.75. The molecule has 8 heteroatoms. The predicted octanol–water partition coefficient (Wildman–Crippen LogP) is 2.44. The Bertz CT molecular complexity index is 948. The molecule has 2 N–H and O–H groups in total. The highest BCUT2D eigenvalue weighted by Gasteiger charge is 2.52. The number of imide groups is 1. The van der Waals surface area contributed by atoms with Crippen molar-refractivity contribution in [3.05, 3.63) is 54.1 Å². The summed E-state index contributed by atoms with van der Waals surface area (Å²) in [6.45, 7) is 2.94. The van der Waals surface area contributed by atoms with E-state index >= 15 is 0 Å². The summed E-state index contributed by atoms with van der Waals surface area (Å²) in [5.74, 6) is 0.00422. The number of rotatable bonds is 7.